The molecule has 0 radical (unpaired) electrons. The van der Waals surface area contributed by atoms with E-state index in [4.69, 9.17) is 5.73 Å². The average molecular weight is 302 g/mol. The molecule has 9 nitrogen and oxygen atoms in total. The van der Waals surface area contributed by atoms with Crippen molar-refractivity contribution in [3.8, 4) is 0 Å². The maximum atomic E-state index is 11.2. The molecule has 0 atom stereocenters. The van der Waals surface area contributed by atoms with Crippen molar-refractivity contribution in [1.82, 2.24) is 30.0 Å². The molecule has 3 heterocycles. The van der Waals surface area contributed by atoms with E-state index in [1.165, 1.54) is 6.20 Å². The maximum Gasteiger partial charge on any atom is 0.268 e. The molecule has 0 aromatic carbocycles. The van der Waals surface area contributed by atoms with Crippen LogP contribution in [0.4, 0.5) is 5.82 Å². The number of piperazine rings is 1. The van der Waals surface area contributed by atoms with Crippen molar-refractivity contribution in [3.05, 3.63) is 29.7 Å². The molecule has 1 aliphatic heterocycles. The molecule has 0 spiro atoms. The van der Waals surface area contributed by atoms with E-state index in [-0.39, 0.29) is 5.69 Å². The second kappa shape index (κ2) is 6.06. The molecule has 1 amide bonds. The Labute approximate surface area is 127 Å². The van der Waals surface area contributed by atoms with Gasteiger partial charge in [0.2, 0.25) is 0 Å². The topological polar surface area (TPSA) is 117 Å². The number of hydrogen-bond acceptors (Lipinski definition) is 7. The Bertz CT molecular complexity index is 662. The molecule has 1 aliphatic rings. The number of aromatic amines is 1. The van der Waals surface area contributed by atoms with Gasteiger partial charge in [-0.2, -0.15) is 5.10 Å². The molecule has 1 fully saturated rings. The van der Waals surface area contributed by atoms with Crippen LogP contribution >= 0.6 is 0 Å². The normalized spacial score (nSPS) is 16.0. The second-order valence-corrected chi connectivity index (χ2v) is 5.23. The number of primary amides is 1. The number of nitrogens with one attached hydrogen (secondary N) is 1. The van der Waals surface area contributed by atoms with Gasteiger partial charge >= 0.3 is 0 Å². The average Bonchev–Trinajstić information content (AvgIpc) is 2.93. The lowest BCUT2D eigenvalue weighted by molar-refractivity contribution is 0.0995. The maximum absolute atomic E-state index is 11.2. The summed E-state index contributed by atoms with van der Waals surface area (Å²) >= 11 is 0. The van der Waals surface area contributed by atoms with Gasteiger partial charge in [-0.25, -0.2) is 9.97 Å². The van der Waals surface area contributed by atoms with E-state index in [9.17, 15) is 4.79 Å². The molecule has 1 saturated heterocycles. The highest BCUT2D eigenvalue weighted by Gasteiger charge is 2.20. The summed E-state index contributed by atoms with van der Waals surface area (Å²) in [5.41, 5.74) is 5.43. The van der Waals surface area contributed by atoms with Crippen LogP contribution in [0.5, 0.6) is 0 Å². The van der Waals surface area contributed by atoms with Gasteiger partial charge in [-0.05, 0) is 6.92 Å². The van der Waals surface area contributed by atoms with Crippen LogP contribution < -0.4 is 10.6 Å². The molecular formula is C13H18N8O. The molecule has 3 rings (SSSR count). The van der Waals surface area contributed by atoms with Gasteiger partial charge in [0, 0.05) is 26.2 Å². The summed E-state index contributed by atoms with van der Waals surface area (Å²) in [5, 5.41) is 7.00. The van der Waals surface area contributed by atoms with Gasteiger partial charge < -0.3 is 10.6 Å². The molecule has 3 N–H and O–H groups in total. The lowest BCUT2D eigenvalue weighted by Crippen LogP contribution is -2.46. The summed E-state index contributed by atoms with van der Waals surface area (Å²) in [6.07, 6.45) is 3.04. The summed E-state index contributed by atoms with van der Waals surface area (Å²) in [6.45, 7) is 5.97. The standard InChI is InChI=1S/C13H18N8O/c1-9-16-11(19-18-9)8-20-2-4-21(5-3-20)12-7-15-6-10(17-12)13(14)22/h6-7H,2-5,8H2,1H3,(H2,14,22)(H,16,18,19). The Morgan fingerprint density at radius 1 is 1.27 bits per heavy atom. The number of aromatic nitrogens is 5. The van der Waals surface area contributed by atoms with Crippen LogP contribution in [-0.2, 0) is 6.54 Å². The Hall–Kier alpha value is -2.55. The number of nitrogens with two attached hydrogens (primary N) is 1. The molecule has 9 heteroatoms. The Morgan fingerprint density at radius 3 is 2.68 bits per heavy atom. The predicted octanol–water partition coefficient (Wildman–Crippen LogP) is -0.676. The highest BCUT2D eigenvalue weighted by Crippen LogP contribution is 2.13. The SMILES string of the molecule is Cc1nc(CN2CCN(c3cncc(C(N)=O)n3)CC2)n[nH]1. The third kappa shape index (κ3) is 3.19. The fraction of sp³-hybridized carbons (Fsp3) is 0.462. The number of H-pyrrole nitrogens is 1. The minimum absolute atomic E-state index is 0.191. The number of carbonyl (C=O) groups is 1. The molecule has 22 heavy (non-hydrogen) atoms. The Morgan fingerprint density at radius 2 is 2.05 bits per heavy atom. The molecule has 0 unspecified atom stereocenters. The lowest BCUT2D eigenvalue weighted by Gasteiger charge is -2.34. The van der Waals surface area contributed by atoms with Gasteiger partial charge in [-0.1, -0.05) is 0 Å². The summed E-state index contributed by atoms with van der Waals surface area (Å²) in [6, 6.07) is 0. The number of nitrogens with zero attached hydrogens (tertiary/aromatic N) is 6. The Kier molecular flexibility index (Phi) is 3.96. The summed E-state index contributed by atoms with van der Waals surface area (Å²) in [4.78, 5) is 28.1. The van der Waals surface area contributed by atoms with Crippen molar-refractivity contribution in [1.29, 1.82) is 0 Å². The molecular weight excluding hydrogens is 284 g/mol. The number of carbonyl (C=O) groups excluding carboxylic acids is 1. The van der Waals surface area contributed by atoms with E-state index in [1.54, 1.807) is 6.20 Å². The zero-order valence-corrected chi connectivity index (χ0v) is 12.4. The van der Waals surface area contributed by atoms with Crippen molar-refractivity contribution >= 4 is 11.7 Å². The third-order valence-corrected chi connectivity index (χ3v) is 3.58. The lowest BCUT2D eigenvalue weighted by atomic mass is 10.3. The van der Waals surface area contributed by atoms with Gasteiger partial charge in [0.15, 0.2) is 5.82 Å². The first-order valence-electron chi connectivity index (χ1n) is 7.09. The smallest absolute Gasteiger partial charge is 0.268 e. The zero-order chi connectivity index (χ0) is 15.5. The molecule has 2 aromatic heterocycles. The van der Waals surface area contributed by atoms with E-state index >= 15 is 0 Å². The summed E-state index contributed by atoms with van der Waals surface area (Å²) < 4.78 is 0. The predicted molar refractivity (Wildman–Crippen MR) is 79.2 cm³/mol. The van der Waals surface area contributed by atoms with Gasteiger partial charge in [0.1, 0.15) is 17.3 Å². The van der Waals surface area contributed by atoms with Crippen molar-refractivity contribution < 1.29 is 4.79 Å². The molecule has 0 saturated carbocycles. The van der Waals surface area contributed by atoms with Crippen LogP contribution in [0.1, 0.15) is 22.1 Å². The highest BCUT2D eigenvalue weighted by atomic mass is 16.1. The fourth-order valence-electron chi connectivity index (χ4n) is 2.42. The van der Waals surface area contributed by atoms with Crippen LogP contribution in [-0.4, -0.2) is 62.1 Å². The second-order valence-electron chi connectivity index (χ2n) is 5.23. The number of anilines is 1. The van der Waals surface area contributed by atoms with E-state index in [1.807, 2.05) is 6.92 Å². The van der Waals surface area contributed by atoms with Gasteiger partial charge in [0.25, 0.3) is 5.91 Å². The van der Waals surface area contributed by atoms with Crippen LogP contribution in [0.2, 0.25) is 0 Å². The molecule has 0 bridgehead atoms. The van der Waals surface area contributed by atoms with E-state index < -0.39 is 5.91 Å². The number of aryl methyl sites for hydroxylation is 1. The minimum atomic E-state index is -0.562. The monoisotopic (exact) mass is 302 g/mol. The third-order valence-electron chi connectivity index (χ3n) is 3.58. The van der Waals surface area contributed by atoms with Gasteiger partial charge in [-0.3, -0.25) is 19.8 Å². The van der Waals surface area contributed by atoms with Crippen LogP contribution in [0.25, 0.3) is 0 Å². The van der Waals surface area contributed by atoms with E-state index in [0.717, 1.165) is 44.4 Å². The van der Waals surface area contributed by atoms with Crippen molar-refractivity contribution in [3.63, 3.8) is 0 Å². The summed E-state index contributed by atoms with van der Waals surface area (Å²) in [5.74, 6) is 1.76. The van der Waals surface area contributed by atoms with Gasteiger partial charge in [0.05, 0.1) is 18.9 Å². The first-order valence-corrected chi connectivity index (χ1v) is 7.09. The molecule has 116 valence electrons. The molecule has 2 aromatic rings. The number of amides is 1. The van der Waals surface area contributed by atoms with Crippen LogP contribution in [0.3, 0.4) is 0 Å². The minimum Gasteiger partial charge on any atom is -0.364 e. The van der Waals surface area contributed by atoms with Gasteiger partial charge in [-0.15, -0.1) is 0 Å². The number of rotatable bonds is 4. The van der Waals surface area contributed by atoms with E-state index in [2.05, 4.69) is 34.9 Å². The van der Waals surface area contributed by atoms with E-state index in [0.29, 0.717) is 5.82 Å². The Balaban J connectivity index is 1.59. The quantitative estimate of drug-likeness (QED) is 0.768. The van der Waals surface area contributed by atoms with Crippen LogP contribution in [0.15, 0.2) is 12.4 Å². The number of hydrogen-bond donors (Lipinski definition) is 2. The first-order chi connectivity index (χ1) is 10.6. The van der Waals surface area contributed by atoms with Crippen molar-refractivity contribution in [2.45, 2.75) is 13.5 Å². The first kappa shape index (κ1) is 14.4. The summed E-state index contributed by atoms with van der Waals surface area (Å²) in [7, 11) is 0. The van der Waals surface area contributed by atoms with Crippen molar-refractivity contribution in [2.24, 2.45) is 5.73 Å². The fourth-order valence-corrected chi connectivity index (χ4v) is 2.42. The molecule has 0 aliphatic carbocycles. The van der Waals surface area contributed by atoms with Crippen LogP contribution in [0, 0.1) is 6.92 Å². The van der Waals surface area contributed by atoms with Crippen molar-refractivity contribution in [2.75, 3.05) is 31.1 Å². The highest BCUT2D eigenvalue weighted by molar-refractivity contribution is 5.90. The zero-order valence-electron chi connectivity index (χ0n) is 12.4. The largest absolute Gasteiger partial charge is 0.364 e.